The van der Waals surface area contributed by atoms with Crippen LogP contribution in [0.3, 0.4) is 0 Å². The van der Waals surface area contributed by atoms with Crippen molar-refractivity contribution in [3.63, 3.8) is 0 Å². The van der Waals surface area contributed by atoms with Crippen LogP contribution in [0.15, 0.2) is 24.3 Å². The van der Waals surface area contributed by atoms with Crippen LogP contribution < -0.4 is 0 Å². The summed E-state index contributed by atoms with van der Waals surface area (Å²) in [4.78, 5) is 36.3. The molecule has 1 heterocycles. The number of thiocarbonyl (C=S) groups is 1. The van der Waals surface area contributed by atoms with Gasteiger partial charge in [0.2, 0.25) is 5.91 Å². The summed E-state index contributed by atoms with van der Waals surface area (Å²) in [5.41, 5.74) is 0.538. The number of likely N-dealkylation sites (tertiary alicyclic amines) is 1. The minimum atomic E-state index is -1.08. The molecule has 0 aliphatic carbocycles. The molecule has 10 heteroatoms. The predicted octanol–water partition coefficient (Wildman–Crippen LogP) is 2.68. The molecule has 0 bridgehead atoms. The van der Waals surface area contributed by atoms with E-state index in [9.17, 15) is 19.7 Å². The highest BCUT2D eigenvalue weighted by Crippen LogP contribution is 2.32. The van der Waals surface area contributed by atoms with E-state index in [-0.39, 0.29) is 35.2 Å². The zero-order chi connectivity index (χ0) is 20.0. The molecule has 0 saturated carbocycles. The van der Waals surface area contributed by atoms with Crippen molar-refractivity contribution in [3.8, 4) is 0 Å². The smallest absolute Gasteiger partial charge is 0.338 e. The number of thioether (sulfide) groups is 1. The predicted molar refractivity (Wildman–Crippen MR) is 104 cm³/mol. The monoisotopic (exact) mass is 412 g/mol. The van der Waals surface area contributed by atoms with Gasteiger partial charge in [0.25, 0.3) is 5.69 Å². The number of ether oxygens (including phenoxy) is 2. The zero-order valence-electron chi connectivity index (χ0n) is 15.0. The van der Waals surface area contributed by atoms with Crippen LogP contribution in [-0.2, 0) is 25.7 Å². The summed E-state index contributed by atoms with van der Waals surface area (Å²) in [6.45, 7) is 3.89. The number of rotatable bonds is 9. The Labute approximate surface area is 166 Å². The summed E-state index contributed by atoms with van der Waals surface area (Å²) in [6, 6.07) is 4.59. The number of non-ortho nitro benzene ring substituents is 1. The second-order valence-corrected chi connectivity index (χ2v) is 7.46. The van der Waals surface area contributed by atoms with Crippen LogP contribution in [0.2, 0.25) is 0 Å². The molecule has 146 valence electrons. The zero-order valence-corrected chi connectivity index (χ0v) is 16.6. The van der Waals surface area contributed by atoms with Gasteiger partial charge in [0.1, 0.15) is 6.61 Å². The van der Waals surface area contributed by atoms with Crippen molar-refractivity contribution in [2.45, 2.75) is 38.3 Å². The maximum absolute atomic E-state index is 12.6. The number of hydrogen-bond acceptors (Lipinski definition) is 8. The van der Waals surface area contributed by atoms with Gasteiger partial charge in [-0.1, -0.05) is 6.92 Å². The quantitative estimate of drug-likeness (QED) is 0.201. The Bertz CT molecular complexity index is 725. The average molecular weight is 412 g/mol. The normalized spacial score (nSPS) is 17.0. The van der Waals surface area contributed by atoms with Crippen molar-refractivity contribution in [2.24, 2.45) is 0 Å². The summed E-state index contributed by atoms with van der Waals surface area (Å²) in [7, 11) is 0. The molecule has 0 N–H and O–H groups in total. The molecule has 1 aliphatic rings. The number of nitrogens with zero attached hydrogens (tertiary/aromatic N) is 2. The van der Waals surface area contributed by atoms with E-state index in [1.807, 2.05) is 6.92 Å². The molecule has 1 amide bonds. The first-order chi connectivity index (χ1) is 12.9. The first-order valence-electron chi connectivity index (χ1n) is 8.38. The van der Waals surface area contributed by atoms with Gasteiger partial charge in [0, 0.05) is 12.1 Å². The fraction of sp³-hybridized carbons (Fsp3) is 0.471. The summed E-state index contributed by atoms with van der Waals surface area (Å²) in [5, 5.41) is 10.5. The second-order valence-electron chi connectivity index (χ2n) is 5.60. The largest absolute Gasteiger partial charge is 0.485 e. The first kappa shape index (κ1) is 21.1. The molecule has 27 heavy (non-hydrogen) atoms. The number of carbonyl (C=O) groups excluding carboxylic acids is 2. The number of nitro groups is 1. The van der Waals surface area contributed by atoms with Gasteiger partial charge in [-0.05, 0) is 42.6 Å². The number of benzene rings is 1. The van der Waals surface area contributed by atoms with Crippen molar-refractivity contribution in [1.29, 1.82) is 0 Å². The Balaban J connectivity index is 2.08. The highest BCUT2D eigenvalue weighted by atomic mass is 32.2. The topological polar surface area (TPSA) is 99.0 Å². The second kappa shape index (κ2) is 9.65. The van der Waals surface area contributed by atoms with Crippen LogP contribution in [0.5, 0.6) is 0 Å². The lowest BCUT2D eigenvalue weighted by atomic mass is 10.1. The summed E-state index contributed by atoms with van der Waals surface area (Å²) >= 11 is 6.74. The lowest BCUT2D eigenvalue weighted by Gasteiger charge is -2.43. The Morgan fingerprint density at radius 2 is 2.04 bits per heavy atom. The molecule has 1 fully saturated rings. The summed E-state index contributed by atoms with van der Waals surface area (Å²) in [6.07, 6.45) is 0.347. The van der Waals surface area contributed by atoms with E-state index in [0.29, 0.717) is 12.0 Å². The van der Waals surface area contributed by atoms with Gasteiger partial charge < -0.3 is 14.4 Å². The van der Waals surface area contributed by atoms with Gasteiger partial charge in [-0.2, -0.15) is 0 Å². The van der Waals surface area contributed by atoms with Crippen LogP contribution in [0, 0.1) is 10.1 Å². The van der Waals surface area contributed by atoms with Gasteiger partial charge in [-0.3, -0.25) is 14.9 Å². The van der Waals surface area contributed by atoms with Crippen LogP contribution in [0.1, 0.15) is 25.8 Å². The van der Waals surface area contributed by atoms with Gasteiger partial charge in [-0.15, -0.1) is 11.8 Å². The van der Waals surface area contributed by atoms with E-state index in [4.69, 9.17) is 21.7 Å². The van der Waals surface area contributed by atoms with E-state index < -0.39 is 16.9 Å². The average Bonchev–Trinajstić information content (AvgIpc) is 2.64. The molecule has 1 aromatic carbocycles. The molecule has 2 rings (SSSR count). The Morgan fingerprint density at radius 1 is 1.37 bits per heavy atom. The van der Waals surface area contributed by atoms with E-state index in [1.54, 1.807) is 18.7 Å². The van der Waals surface area contributed by atoms with E-state index in [0.717, 1.165) is 5.75 Å². The lowest BCUT2D eigenvalue weighted by molar-refractivity contribution is -0.384. The third-order valence-corrected chi connectivity index (χ3v) is 5.30. The van der Waals surface area contributed by atoms with Crippen molar-refractivity contribution < 1.29 is 24.0 Å². The van der Waals surface area contributed by atoms with Gasteiger partial charge in [-0.25, -0.2) is 4.79 Å². The van der Waals surface area contributed by atoms with Crippen molar-refractivity contribution in [2.75, 3.05) is 12.4 Å². The number of carbonyl (C=O) groups is 2. The Hall–Kier alpha value is -2.20. The fourth-order valence-corrected chi connectivity index (χ4v) is 3.91. The highest BCUT2D eigenvalue weighted by Gasteiger charge is 2.47. The summed E-state index contributed by atoms with van der Waals surface area (Å²) in [5.74, 6) is -0.0673. The molecule has 1 aliphatic heterocycles. The van der Waals surface area contributed by atoms with Crippen molar-refractivity contribution in [1.82, 2.24) is 4.90 Å². The van der Waals surface area contributed by atoms with Crippen LogP contribution >= 0.6 is 24.0 Å². The molecule has 1 saturated heterocycles. The van der Waals surface area contributed by atoms with Gasteiger partial charge in [0.05, 0.1) is 23.3 Å². The van der Waals surface area contributed by atoms with E-state index in [1.165, 1.54) is 29.2 Å². The number of amides is 1. The maximum atomic E-state index is 12.6. The molecule has 0 aromatic heterocycles. The Morgan fingerprint density at radius 3 is 2.56 bits per heavy atom. The van der Waals surface area contributed by atoms with Gasteiger partial charge in [0.15, 0.2) is 11.1 Å². The van der Waals surface area contributed by atoms with Crippen LogP contribution in [-0.4, -0.2) is 50.5 Å². The molecule has 2 unspecified atom stereocenters. The molecule has 1 aromatic rings. The molecular weight excluding hydrogens is 392 g/mol. The van der Waals surface area contributed by atoms with Crippen molar-refractivity contribution >= 4 is 46.6 Å². The minimum absolute atomic E-state index is 0.000882. The van der Waals surface area contributed by atoms with Gasteiger partial charge >= 0.3 is 5.97 Å². The maximum Gasteiger partial charge on any atom is 0.338 e. The van der Waals surface area contributed by atoms with E-state index in [2.05, 4.69) is 0 Å². The van der Waals surface area contributed by atoms with Crippen LogP contribution in [0.4, 0.5) is 5.69 Å². The summed E-state index contributed by atoms with van der Waals surface area (Å²) < 4.78 is 10.6. The highest BCUT2D eigenvalue weighted by molar-refractivity contribution is 7.99. The van der Waals surface area contributed by atoms with E-state index >= 15 is 0 Å². The molecular formula is C17H20N2O6S2. The number of β-lactam (4-membered cyclic amide) rings is 1. The lowest BCUT2D eigenvalue weighted by Crippen LogP contribution is -2.61. The third-order valence-electron chi connectivity index (χ3n) is 3.85. The molecule has 2 atom stereocenters. The number of esters is 1. The Kier molecular flexibility index (Phi) is 7.55. The van der Waals surface area contributed by atoms with Crippen LogP contribution in [0.25, 0.3) is 0 Å². The minimum Gasteiger partial charge on any atom is -0.485 e. The fourth-order valence-electron chi connectivity index (χ4n) is 2.54. The number of nitro benzene ring substituents is 1. The molecule has 0 radical (unpaired) electrons. The van der Waals surface area contributed by atoms with Crippen molar-refractivity contribution in [3.05, 3.63) is 39.9 Å². The third kappa shape index (κ3) is 5.16. The number of hydrogen-bond donors (Lipinski definition) is 0. The standard InChI is InChI=1S/C17H20N2O6S2/c1-3-24-17(26)15(18-13(20)9-14(18)27-4-2)16(21)25-10-11-5-7-12(8-6-11)19(22)23/h5-8,14-15H,3-4,9-10H2,1-2H3. The molecule has 8 nitrogen and oxygen atoms in total. The first-order valence-corrected chi connectivity index (χ1v) is 9.84. The SMILES string of the molecule is CCOC(=S)C(C(=O)OCc1ccc([N+](=O)[O-])cc1)N1C(=O)CC1SCC. The molecule has 0 spiro atoms.